The number of fused-ring (bicyclic) bond motifs is 1. The maximum absolute atomic E-state index is 9.45. The number of nitrogens with one attached hydrogen (secondary N) is 1. The summed E-state index contributed by atoms with van der Waals surface area (Å²) in [6.45, 7) is 2.03. The maximum atomic E-state index is 9.45. The smallest absolute Gasteiger partial charge is 0.158 e. The van der Waals surface area contributed by atoms with E-state index in [1.807, 2.05) is 6.92 Å². The van der Waals surface area contributed by atoms with Crippen LogP contribution in [0.25, 0.3) is 5.57 Å². The van der Waals surface area contributed by atoms with Gasteiger partial charge in [-0.1, -0.05) is 23.2 Å². The highest BCUT2D eigenvalue weighted by Gasteiger charge is 2.16. The summed E-state index contributed by atoms with van der Waals surface area (Å²) in [5.74, 6) is 0.590. The molecule has 1 aromatic rings. The molecular weight excluding hydrogens is 249 g/mol. The van der Waals surface area contributed by atoms with E-state index in [1.54, 1.807) is 18.3 Å². The number of aliphatic hydroxyl groups excluding tert-OH is 1. The molecule has 1 aromatic carbocycles. The van der Waals surface area contributed by atoms with Gasteiger partial charge in [0.05, 0.1) is 5.02 Å². The van der Waals surface area contributed by atoms with Crippen LogP contribution in [-0.2, 0) is 0 Å². The predicted molar refractivity (Wildman–Crippen MR) is 64.8 cm³/mol. The molecule has 0 radical (unpaired) electrons. The molecule has 3 nitrogen and oxygen atoms in total. The molecule has 5 heteroatoms. The molecule has 1 unspecified atom stereocenters. The Morgan fingerprint density at radius 2 is 2.19 bits per heavy atom. The van der Waals surface area contributed by atoms with Crippen molar-refractivity contribution in [1.29, 1.82) is 0 Å². The van der Waals surface area contributed by atoms with Crippen molar-refractivity contribution in [2.24, 2.45) is 0 Å². The number of ether oxygens (including phenoxy) is 1. The molecule has 1 atom stereocenters. The number of hydrogen-bond donors (Lipinski definition) is 2. The fraction of sp³-hybridized carbons (Fsp3) is 0.273. The highest BCUT2D eigenvalue weighted by molar-refractivity contribution is 6.36. The maximum Gasteiger partial charge on any atom is 0.158 e. The lowest BCUT2D eigenvalue weighted by atomic mass is 10.1. The molecule has 1 aliphatic rings. The lowest BCUT2D eigenvalue weighted by Gasteiger charge is -2.20. The van der Waals surface area contributed by atoms with Crippen molar-refractivity contribution < 1.29 is 9.84 Å². The minimum absolute atomic E-state index is 0.146. The molecule has 16 heavy (non-hydrogen) atoms. The minimum atomic E-state index is -0.735. The summed E-state index contributed by atoms with van der Waals surface area (Å²) in [6.07, 6.45) is 0.979. The lowest BCUT2D eigenvalue weighted by Crippen LogP contribution is -2.31. The van der Waals surface area contributed by atoms with Crippen LogP contribution in [0.1, 0.15) is 12.5 Å². The van der Waals surface area contributed by atoms with Gasteiger partial charge in [-0.25, -0.2) is 0 Å². The molecule has 86 valence electrons. The van der Waals surface area contributed by atoms with Gasteiger partial charge in [-0.05, 0) is 24.6 Å². The van der Waals surface area contributed by atoms with Crippen LogP contribution in [0, 0.1) is 0 Å². The quantitative estimate of drug-likeness (QED) is 0.753. The summed E-state index contributed by atoms with van der Waals surface area (Å²) in [5, 5.41) is 13.3. The van der Waals surface area contributed by atoms with E-state index in [4.69, 9.17) is 27.9 Å². The zero-order valence-electron chi connectivity index (χ0n) is 8.63. The van der Waals surface area contributed by atoms with Crippen molar-refractivity contribution in [1.82, 2.24) is 5.32 Å². The second-order valence-electron chi connectivity index (χ2n) is 3.58. The molecule has 0 aliphatic carbocycles. The van der Waals surface area contributed by atoms with E-state index in [0.717, 1.165) is 11.1 Å². The van der Waals surface area contributed by atoms with Gasteiger partial charge in [0.2, 0.25) is 0 Å². The number of allylic oxidation sites excluding steroid dienone is 1. The van der Waals surface area contributed by atoms with Crippen LogP contribution < -0.4 is 10.1 Å². The third-order valence-corrected chi connectivity index (χ3v) is 2.82. The molecule has 1 aliphatic heterocycles. The van der Waals surface area contributed by atoms with Crippen LogP contribution >= 0.6 is 23.2 Å². The Balaban J connectivity index is 2.54. The Labute approximate surface area is 104 Å². The highest BCUT2D eigenvalue weighted by Crippen LogP contribution is 2.36. The largest absolute Gasteiger partial charge is 0.488 e. The highest BCUT2D eigenvalue weighted by atomic mass is 35.5. The van der Waals surface area contributed by atoms with Gasteiger partial charge in [0, 0.05) is 16.8 Å². The van der Waals surface area contributed by atoms with E-state index < -0.39 is 6.23 Å². The first-order chi connectivity index (χ1) is 7.58. The van der Waals surface area contributed by atoms with Crippen molar-refractivity contribution in [2.75, 3.05) is 6.61 Å². The fourth-order valence-corrected chi connectivity index (χ4v) is 2.18. The fourth-order valence-electron chi connectivity index (χ4n) is 1.56. The van der Waals surface area contributed by atoms with Gasteiger partial charge in [0.15, 0.2) is 6.23 Å². The number of aliphatic hydroxyl groups is 1. The summed E-state index contributed by atoms with van der Waals surface area (Å²) in [5.41, 5.74) is 1.68. The number of rotatable bonds is 0. The monoisotopic (exact) mass is 259 g/mol. The van der Waals surface area contributed by atoms with Crippen molar-refractivity contribution in [3.05, 3.63) is 33.9 Å². The van der Waals surface area contributed by atoms with Gasteiger partial charge >= 0.3 is 0 Å². The van der Waals surface area contributed by atoms with E-state index in [0.29, 0.717) is 15.8 Å². The van der Waals surface area contributed by atoms with Crippen molar-refractivity contribution in [3.8, 4) is 5.75 Å². The first-order valence-corrected chi connectivity index (χ1v) is 5.56. The second-order valence-corrected chi connectivity index (χ2v) is 4.43. The number of benzene rings is 1. The summed E-state index contributed by atoms with van der Waals surface area (Å²) in [6, 6.07) is 3.36. The zero-order valence-corrected chi connectivity index (χ0v) is 10.1. The molecular formula is C11H11Cl2NO2. The third-order valence-electron chi connectivity index (χ3n) is 2.30. The Morgan fingerprint density at radius 1 is 1.44 bits per heavy atom. The molecule has 0 fully saturated rings. The Hall–Kier alpha value is -0.900. The minimum Gasteiger partial charge on any atom is -0.488 e. The van der Waals surface area contributed by atoms with Gasteiger partial charge in [-0.2, -0.15) is 0 Å². The Morgan fingerprint density at radius 3 is 2.94 bits per heavy atom. The lowest BCUT2D eigenvalue weighted by molar-refractivity contribution is 0.0897. The first-order valence-electron chi connectivity index (χ1n) is 4.81. The van der Waals surface area contributed by atoms with Gasteiger partial charge in [0.1, 0.15) is 12.4 Å². The Kier molecular flexibility index (Phi) is 3.28. The summed E-state index contributed by atoms with van der Waals surface area (Å²) in [7, 11) is 0. The van der Waals surface area contributed by atoms with E-state index in [-0.39, 0.29) is 6.61 Å². The van der Waals surface area contributed by atoms with Gasteiger partial charge in [-0.15, -0.1) is 0 Å². The standard InChI is InChI=1S/C11H11Cl2NO2/c1-6-4-14-10(15)5-16-9-3-7(12)2-8(13)11(6)9/h2-4,10,14-15H,5H2,1H3/b6-4-. The average Bonchev–Trinajstić information content (AvgIpc) is 2.20. The van der Waals surface area contributed by atoms with Gasteiger partial charge in [-0.3, -0.25) is 0 Å². The van der Waals surface area contributed by atoms with Crippen LogP contribution in [-0.4, -0.2) is 17.9 Å². The summed E-state index contributed by atoms with van der Waals surface area (Å²) < 4.78 is 5.45. The Bertz CT molecular complexity index is 446. The van der Waals surface area contributed by atoms with Crippen LogP contribution in [0.4, 0.5) is 0 Å². The topological polar surface area (TPSA) is 41.5 Å². The van der Waals surface area contributed by atoms with E-state index in [2.05, 4.69) is 5.32 Å². The van der Waals surface area contributed by atoms with Crippen LogP contribution in [0.2, 0.25) is 10.0 Å². The molecule has 0 amide bonds. The number of halogens is 2. The average molecular weight is 260 g/mol. The molecule has 0 bridgehead atoms. The van der Waals surface area contributed by atoms with Crippen LogP contribution in [0.15, 0.2) is 18.3 Å². The van der Waals surface area contributed by atoms with E-state index in [1.165, 1.54) is 0 Å². The predicted octanol–water partition coefficient (Wildman–Crippen LogP) is 2.65. The molecule has 2 rings (SSSR count). The molecule has 2 N–H and O–H groups in total. The van der Waals surface area contributed by atoms with Crippen molar-refractivity contribution >= 4 is 28.8 Å². The SMILES string of the molecule is C/C1=C/NC(O)COc2cc(Cl)cc(Cl)c21. The molecule has 0 saturated heterocycles. The van der Waals surface area contributed by atoms with E-state index in [9.17, 15) is 5.11 Å². The zero-order chi connectivity index (χ0) is 11.7. The first kappa shape index (κ1) is 11.6. The normalized spacial score (nSPS) is 23.0. The summed E-state index contributed by atoms with van der Waals surface area (Å²) >= 11 is 12.0. The van der Waals surface area contributed by atoms with Crippen LogP contribution in [0.3, 0.4) is 0 Å². The number of hydrogen-bond acceptors (Lipinski definition) is 3. The van der Waals surface area contributed by atoms with Crippen molar-refractivity contribution in [3.63, 3.8) is 0 Å². The molecule has 0 aromatic heterocycles. The molecule has 1 heterocycles. The van der Waals surface area contributed by atoms with Crippen molar-refractivity contribution in [2.45, 2.75) is 13.2 Å². The second kappa shape index (κ2) is 4.53. The van der Waals surface area contributed by atoms with E-state index >= 15 is 0 Å². The molecule has 0 spiro atoms. The third kappa shape index (κ3) is 2.26. The van der Waals surface area contributed by atoms with Gasteiger partial charge < -0.3 is 15.2 Å². The molecule has 0 saturated carbocycles. The van der Waals surface area contributed by atoms with Crippen LogP contribution in [0.5, 0.6) is 5.75 Å². The summed E-state index contributed by atoms with van der Waals surface area (Å²) in [4.78, 5) is 0. The van der Waals surface area contributed by atoms with Gasteiger partial charge in [0.25, 0.3) is 0 Å².